The van der Waals surface area contributed by atoms with Gasteiger partial charge >= 0.3 is 5.69 Å². The van der Waals surface area contributed by atoms with E-state index in [1.807, 2.05) is 45.7 Å². The Morgan fingerprint density at radius 1 is 1.06 bits per heavy atom. The molecule has 2 aromatic heterocycles. The first kappa shape index (κ1) is 21.5. The molecule has 0 atom stereocenters. The van der Waals surface area contributed by atoms with E-state index >= 15 is 0 Å². The molecule has 2 heterocycles. The Balaban J connectivity index is 1.64. The molecular formula is C25H28N6O. The fourth-order valence-electron chi connectivity index (χ4n) is 3.78. The Hall–Kier alpha value is -3.74. The number of hydrogen-bond acceptors (Lipinski definition) is 4. The van der Waals surface area contributed by atoms with Crippen LogP contribution in [0.25, 0.3) is 28.6 Å². The van der Waals surface area contributed by atoms with Gasteiger partial charge in [-0.1, -0.05) is 75.4 Å². The van der Waals surface area contributed by atoms with E-state index in [2.05, 4.69) is 71.7 Å². The molecule has 0 amide bonds. The number of aromatic amines is 1. The maximum Gasteiger partial charge on any atom is 0.328 e. The number of rotatable bonds is 8. The van der Waals surface area contributed by atoms with Gasteiger partial charge < -0.3 is 0 Å². The van der Waals surface area contributed by atoms with E-state index in [0.29, 0.717) is 24.8 Å². The zero-order valence-corrected chi connectivity index (χ0v) is 18.7. The standard InChI is InChI=1S/C25H28N6O/c1-4-5-8-21-17-30(15-18(2)3)25(32)31(21)16-19-11-13-20(14-12-19)22-9-6-7-10-23(22)24-26-28-29-27-24/h5-14,17-18H,4,15-16H2,1-3H3,(H,26,27,28,29). The molecule has 0 unspecified atom stereocenters. The van der Waals surface area contributed by atoms with Gasteiger partial charge in [-0.05, 0) is 40.3 Å². The number of aromatic nitrogens is 6. The second-order valence-corrected chi connectivity index (χ2v) is 8.26. The van der Waals surface area contributed by atoms with Gasteiger partial charge in [0.15, 0.2) is 0 Å². The van der Waals surface area contributed by atoms with E-state index in [0.717, 1.165) is 34.4 Å². The highest BCUT2D eigenvalue weighted by molar-refractivity contribution is 5.80. The van der Waals surface area contributed by atoms with Gasteiger partial charge in [0.2, 0.25) is 5.82 Å². The maximum atomic E-state index is 13.0. The van der Waals surface area contributed by atoms with Crippen molar-refractivity contribution in [1.29, 1.82) is 0 Å². The second kappa shape index (κ2) is 9.60. The summed E-state index contributed by atoms with van der Waals surface area (Å²) in [6, 6.07) is 16.3. The molecule has 0 fully saturated rings. The highest BCUT2D eigenvalue weighted by Gasteiger charge is 2.13. The van der Waals surface area contributed by atoms with Gasteiger partial charge in [0, 0.05) is 18.3 Å². The number of tetrazole rings is 1. The molecule has 0 saturated heterocycles. The van der Waals surface area contributed by atoms with Gasteiger partial charge in [-0.3, -0.25) is 9.13 Å². The lowest BCUT2D eigenvalue weighted by Crippen LogP contribution is -2.26. The quantitative estimate of drug-likeness (QED) is 0.444. The minimum absolute atomic E-state index is 0.0287. The molecule has 0 aliphatic carbocycles. The number of H-pyrrole nitrogens is 1. The first-order chi connectivity index (χ1) is 15.6. The summed E-state index contributed by atoms with van der Waals surface area (Å²) in [4.78, 5) is 13.0. The molecule has 4 aromatic rings. The monoisotopic (exact) mass is 428 g/mol. The van der Waals surface area contributed by atoms with Gasteiger partial charge in [0.1, 0.15) is 0 Å². The van der Waals surface area contributed by atoms with Crippen LogP contribution in [0.3, 0.4) is 0 Å². The molecule has 4 rings (SSSR count). The Morgan fingerprint density at radius 3 is 2.47 bits per heavy atom. The third-order valence-electron chi connectivity index (χ3n) is 5.28. The van der Waals surface area contributed by atoms with E-state index in [1.54, 1.807) is 0 Å². The zero-order chi connectivity index (χ0) is 22.5. The minimum atomic E-state index is 0.0287. The van der Waals surface area contributed by atoms with Crippen molar-refractivity contribution in [2.45, 2.75) is 40.3 Å². The van der Waals surface area contributed by atoms with Crippen LogP contribution in [0.5, 0.6) is 0 Å². The Morgan fingerprint density at radius 2 is 1.81 bits per heavy atom. The molecule has 32 heavy (non-hydrogen) atoms. The lowest BCUT2D eigenvalue weighted by atomic mass is 9.98. The van der Waals surface area contributed by atoms with Gasteiger partial charge in [-0.25, -0.2) is 4.79 Å². The fraction of sp³-hybridized carbons (Fsp3) is 0.280. The van der Waals surface area contributed by atoms with E-state index < -0.39 is 0 Å². The summed E-state index contributed by atoms with van der Waals surface area (Å²) in [5.74, 6) is 0.972. The lowest BCUT2D eigenvalue weighted by molar-refractivity contribution is 0.504. The first-order valence-corrected chi connectivity index (χ1v) is 11.0. The summed E-state index contributed by atoms with van der Waals surface area (Å²) in [6.07, 6.45) is 7.01. The maximum absolute atomic E-state index is 13.0. The fourth-order valence-corrected chi connectivity index (χ4v) is 3.78. The lowest BCUT2D eigenvalue weighted by Gasteiger charge is -2.09. The van der Waals surface area contributed by atoms with Crippen LogP contribution in [0.1, 0.15) is 38.4 Å². The number of nitrogens with one attached hydrogen (secondary N) is 1. The van der Waals surface area contributed by atoms with E-state index in [1.165, 1.54) is 0 Å². The molecule has 7 heteroatoms. The van der Waals surface area contributed by atoms with Crippen molar-refractivity contribution in [3.05, 3.63) is 82.5 Å². The predicted molar refractivity (Wildman–Crippen MR) is 127 cm³/mol. The smallest absolute Gasteiger partial charge is 0.298 e. The summed E-state index contributed by atoms with van der Waals surface area (Å²) >= 11 is 0. The summed E-state index contributed by atoms with van der Waals surface area (Å²) in [5.41, 5.74) is 5.05. The molecule has 0 aliphatic heterocycles. The molecule has 7 nitrogen and oxygen atoms in total. The van der Waals surface area contributed by atoms with Crippen LogP contribution in [-0.2, 0) is 13.1 Å². The molecule has 0 radical (unpaired) electrons. The van der Waals surface area contributed by atoms with Gasteiger partial charge in [-0.2, -0.15) is 5.21 Å². The van der Waals surface area contributed by atoms with Crippen LogP contribution in [0.15, 0.2) is 65.6 Å². The minimum Gasteiger partial charge on any atom is -0.298 e. The zero-order valence-electron chi connectivity index (χ0n) is 18.7. The van der Waals surface area contributed by atoms with Crippen LogP contribution < -0.4 is 5.69 Å². The molecular weight excluding hydrogens is 400 g/mol. The number of benzene rings is 2. The Kier molecular flexibility index (Phi) is 6.44. The van der Waals surface area contributed by atoms with Crippen LogP contribution in [0, 0.1) is 5.92 Å². The average molecular weight is 429 g/mol. The van der Waals surface area contributed by atoms with Crippen molar-refractivity contribution >= 4 is 6.08 Å². The van der Waals surface area contributed by atoms with E-state index in [4.69, 9.17) is 0 Å². The number of nitrogens with zero attached hydrogens (tertiary/aromatic N) is 5. The summed E-state index contributed by atoms with van der Waals surface area (Å²) < 4.78 is 3.66. The van der Waals surface area contributed by atoms with Crippen LogP contribution >= 0.6 is 0 Å². The second-order valence-electron chi connectivity index (χ2n) is 8.26. The third kappa shape index (κ3) is 4.61. The van der Waals surface area contributed by atoms with Crippen LogP contribution in [-0.4, -0.2) is 29.8 Å². The van der Waals surface area contributed by atoms with Crippen molar-refractivity contribution in [2.75, 3.05) is 0 Å². The molecule has 2 aromatic carbocycles. The SMILES string of the molecule is CCC=Cc1cn(CC(C)C)c(=O)n1Cc1ccc(-c2ccccc2-c2nn[nH]n2)cc1. The van der Waals surface area contributed by atoms with E-state index in [-0.39, 0.29) is 5.69 Å². The van der Waals surface area contributed by atoms with Gasteiger partial charge in [-0.15, -0.1) is 10.2 Å². The molecule has 0 aliphatic rings. The van der Waals surface area contributed by atoms with Crippen molar-refractivity contribution in [3.8, 4) is 22.5 Å². The van der Waals surface area contributed by atoms with Crippen LogP contribution in [0.2, 0.25) is 0 Å². The summed E-state index contributed by atoms with van der Waals surface area (Å²) in [6.45, 7) is 7.58. The molecule has 0 saturated carbocycles. The number of allylic oxidation sites excluding steroid dienone is 1. The highest BCUT2D eigenvalue weighted by Crippen LogP contribution is 2.29. The Bertz CT molecular complexity index is 1250. The summed E-state index contributed by atoms with van der Waals surface area (Å²) in [7, 11) is 0. The molecule has 0 spiro atoms. The molecule has 1 N–H and O–H groups in total. The van der Waals surface area contributed by atoms with E-state index in [9.17, 15) is 4.79 Å². The van der Waals surface area contributed by atoms with Crippen molar-refractivity contribution in [2.24, 2.45) is 5.92 Å². The number of imidazole rings is 1. The van der Waals surface area contributed by atoms with Crippen LogP contribution in [0.4, 0.5) is 0 Å². The largest absolute Gasteiger partial charge is 0.328 e. The highest BCUT2D eigenvalue weighted by atomic mass is 16.1. The third-order valence-corrected chi connectivity index (χ3v) is 5.28. The average Bonchev–Trinajstić information content (AvgIpc) is 3.43. The normalized spacial score (nSPS) is 11.6. The topological polar surface area (TPSA) is 81.4 Å². The van der Waals surface area contributed by atoms with Crippen molar-refractivity contribution < 1.29 is 0 Å². The molecule has 164 valence electrons. The Labute approximate surface area is 187 Å². The van der Waals surface area contributed by atoms with Crippen molar-refractivity contribution in [3.63, 3.8) is 0 Å². The predicted octanol–water partition coefficient (Wildman–Crippen LogP) is 4.62. The first-order valence-electron chi connectivity index (χ1n) is 11.0. The van der Waals surface area contributed by atoms with Crippen molar-refractivity contribution in [1.82, 2.24) is 29.8 Å². The summed E-state index contributed by atoms with van der Waals surface area (Å²) in [5, 5.41) is 14.4. The van der Waals surface area contributed by atoms with Gasteiger partial charge in [0.05, 0.1) is 12.2 Å². The van der Waals surface area contributed by atoms with Gasteiger partial charge in [0.25, 0.3) is 0 Å². The molecule has 0 bridgehead atoms. The number of hydrogen-bond donors (Lipinski definition) is 1.